The Labute approximate surface area is 106 Å². The van der Waals surface area contributed by atoms with E-state index in [1.165, 1.54) is 0 Å². The number of hydrogen-bond acceptors (Lipinski definition) is 2. The molecular weight excluding hydrogens is 212 g/mol. The molecule has 0 unspecified atom stereocenters. The Morgan fingerprint density at radius 2 is 1.94 bits per heavy atom. The maximum absolute atomic E-state index is 11.4. The van der Waals surface area contributed by atoms with Crippen LogP contribution in [0.15, 0.2) is 37.0 Å². The second-order valence-corrected chi connectivity index (χ2v) is 3.47. The number of allylic oxidation sites excluding steroid dienone is 2. The van der Waals surface area contributed by atoms with Gasteiger partial charge in [-0.3, -0.25) is 4.79 Å². The van der Waals surface area contributed by atoms with Crippen LogP contribution in [0.4, 0.5) is 0 Å². The Hall–Kier alpha value is -1.15. The van der Waals surface area contributed by atoms with Crippen molar-refractivity contribution >= 4 is 5.78 Å². The fraction of sp³-hybridized carbons (Fsp3) is 0.533. The highest BCUT2D eigenvalue weighted by Gasteiger charge is 2.12. The van der Waals surface area contributed by atoms with Gasteiger partial charge in [0.15, 0.2) is 0 Å². The van der Waals surface area contributed by atoms with Crippen molar-refractivity contribution in [2.75, 3.05) is 0 Å². The normalized spacial score (nSPS) is 12.1. The molecule has 17 heavy (non-hydrogen) atoms. The summed E-state index contributed by atoms with van der Waals surface area (Å²) in [5.41, 5.74) is 0.648. The average Bonchev–Trinajstić information content (AvgIpc) is 2.35. The molecular formula is C15H26O2. The van der Waals surface area contributed by atoms with Gasteiger partial charge in [-0.05, 0) is 12.0 Å². The van der Waals surface area contributed by atoms with Crippen LogP contribution in [0.3, 0.4) is 0 Å². The van der Waals surface area contributed by atoms with Gasteiger partial charge in [-0.1, -0.05) is 58.6 Å². The summed E-state index contributed by atoms with van der Waals surface area (Å²) in [6.45, 7) is 13.2. The van der Waals surface area contributed by atoms with Gasteiger partial charge in [0.25, 0.3) is 0 Å². The van der Waals surface area contributed by atoms with E-state index in [4.69, 9.17) is 0 Å². The fourth-order valence-electron chi connectivity index (χ4n) is 1.26. The lowest BCUT2D eigenvalue weighted by atomic mass is 10.0. The molecule has 0 aromatic rings. The molecule has 1 atom stereocenters. The largest absolute Gasteiger partial charge is 0.388 e. The summed E-state index contributed by atoms with van der Waals surface area (Å²) in [6, 6.07) is 0. The van der Waals surface area contributed by atoms with E-state index in [0.717, 1.165) is 12.8 Å². The maximum Gasteiger partial charge on any atom is 0.135 e. The van der Waals surface area contributed by atoms with E-state index in [0.29, 0.717) is 12.0 Å². The first kappa shape index (κ1) is 18.2. The number of ketones is 1. The predicted molar refractivity (Wildman–Crippen MR) is 75.0 cm³/mol. The van der Waals surface area contributed by atoms with Crippen LogP contribution < -0.4 is 0 Å². The highest BCUT2D eigenvalue weighted by Crippen LogP contribution is 2.10. The summed E-state index contributed by atoms with van der Waals surface area (Å²) in [6.07, 6.45) is 6.67. The summed E-state index contributed by atoms with van der Waals surface area (Å²) in [5.74, 6) is 0.0983. The monoisotopic (exact) mass is 238 g/mol. The molecule has 0 saturated heterocycles. The number of Topliss-reactive ketones (excluding diaryl/α,β-unsaturated/α-hetero) is 1. The molecule has 0 spiro atoms. The van der Waals surface area contributed by atoms with Crippen molar-refractivity contribution in [3.8, 4) is 0 Å². The van der Waals surface area contributed by atoms with Crippen LogP contribution in [-0.2, 0) is 4.79 Å². The molecule has 0 aliphatic rings. The number of unbranched alkanes of at least 4 members (excludes halogenated alkanes) is 1. The lowest BCUT2D eigenvalue weighted by Gasteiger charge is -2.10. The molecule has 98 valence electrons. The molecule has 0 bridgehead atoms. The van der Waals surface area contributed by atoms with Crippen molar-refractivity contribution in [1.29, 1.82) is 0 Å². The Balaban J connectivity index is 0. The van der Waals surface area contributed by atoms with Crippen molar-refractivity contribution in [1.82, 2.24) is 0 Å². The fourth-order valence-corrected chi connectivity index (χ4v) is 1.26. The minimum atomic E-state index is -0.746. The highest BCUT2D eigenvalue weighted by atomic mass is 16.3. The summed E-state index contributed by atoms with van der Waals surface area (Å²) in [7, 11) is 0. The molecule has 0 aromatic heterocycles. The van der Waals surface area contributed by atoms with Gasteiger partial charge >= 0.3 is 0 Å². The van der Waals surface area contributed by atoms with Crippen molar-refractivity contribution in [3.05, 3.63) is 37.0 Å². The lowest BCUT2D eigenvalue weighted by Crippen LogP contribution is -2.14. The van der Waals surface area contributed by atoms with E-state index in [1.54, 1.807) is 18.2 Å². The van der Waals surface area contributed by atoms with Crippen molar-refractivity contribution in [2.45, 2.75) is 52.6 Å². The van der Waals surface area contributed by atoms with Gasteiger partial charge in [-0.15, -0.1) is 0 Å². The van der Waals surface area contributed by atoms with Gasteiger partial charge in [0, 0.05) is 12.8 Å². The summed E-state index contributed by atoms with van der Waals surface area (Å²) < 4.78 is 0. The van der Waals surface area contributed by atoms with E-state index >= 15 is 0 Å². The summed E-state index contributed by atoms with van der Waals surface area (Å²) in [5, 5.41) is 9.70. The molecule has 0 aliphatic carbocycles. The van der Waals surface area contributed by atoms with Crippen LogP contribution in [0.5, 0.6) is 0 Å². The third-order valence-electron chi connectivity index (χ3n) is 2.16. The minimum absolute atomic E-state index is 0.0983. The molecule has 0 fully saturated rings. The lowest BCUT2D eigenvalue weighted by molar-refractivity contribution is -0.120. The molecule has 0 rings (SSSR count). The van der Waals surface area contributed by atoms with E-state index < -0.39 is 6.10 Å². The van der Waals surface area contributed by atoms with Crippen LogP contribution in [0.2, 0.25) is 0 Å². The van der Waals surface area contributed by atoms with E-state index in [1.807, 2.05) is 20.8 Å². The molecule has 0 aliphatic heterocycles. The average molecular weight is 238 g/mol. The third-order valence-corrected chi connectivity index (χ3v) is 2.16. The van der Waals surface area contributed by atoms with Crippen LogP contribution in [-0.4, -0.2) is 17.0 Å². The molecule has 0 heterocycles. The molecule has 0 aromatic carbocycles. The standard InChI is InChI=1S/C13H20O2.C2H6/c1-4-7-9-12(14)10-13(15)11(6-3)8-5-2;1-2/h5-6,8,13,15H,2-4,7,9-10H2,1H3;1-2H3/b11-8+;/t13-;/m1./s1. The van der Waals surface area contributed by atoms with Crippen molar-refractivity contribution in [3.63, 3.8) is 0 Å². The Kier molecular flexibility index (Phi) is 13.8. The zero-order chi connectivity index (χ0) is 13.7. The Morgan fingerprint density at radius 3 is 2.35 bits per heavy atom. The van der Waals surface area contributed by atoms with Crippen molar-refractivity contribution < 1.29 is 9.90 Å². The van der Waals surface area contributed by atoms with Gasteiger partial charge in [-0.25, -0.2) is 0 Å². The van der Waals surface area contributed by atoms with E-state index in [-0.39, 0.29) is 12.2 Å². The second kappa shape index (κ2) is 12.9. The van der Waals surface area contributed by atoms with Crippen LogP contribution in [0.25, 0.3) is 0 Å². The molecule has 2 heteroatoms. The second-order valence-electron chi connectivity index (χ2n) is 3.47. The third kappa shape index (κ3) is 9.76. The minimum Gasteiger partial charge on any atom is -0.388 e. The van der Waals surface area contributed by atoms with Gasteiger partial charge in [0.05, 0.1) is 6.10 Å². The maximum atomic E-state index is 11.4. The predicted octanol–water partition coefficient (Wildman–Crippen LogP) is 3.82. The summed E-state index contributed by atoms with van der Waals surface area (Å²) in [4.78, 5) is 11.4. The first-order valence-electron chi connectivity index (χ1n) is 6.30. The zero-order valence-corrected chi connectivity index (χ0v) is 11.4. The first-order valence-corrected chi connectivity index (χ1v) is 6.30. The van der Waals surface area contributed by atoms with E-state index in [9.17, 15) is 9.90 Å². The van der Waals surface area contributed by atoms with Gasteiger partial charge in [0.2, 0.25) is 0 Å². The van der Waals surface area contributed by atoms with Crippen molar-refractivity contribution in [2.24, 2.45) is 0 Å². The Bertz CT molecular complexity index is 252. The van der Waals surface area contributed by atoms with Gasteiger partial charge in [0.1, 0.15) is 5.78 Å². The number of carbonyl (C=O) groups is 1. The molecule has 0 amide bonds. The number of rotatable bonds is 8. The SMILES string of the molecule is C=C/C=C(\C=C)[C@H](O)CC(=O)CCCC.CC. The molecule has 0 radical (unpaired) electrons. The molecule has 0 saturated carbocycles. The Morgan fingerprint density at radius 1 is 1.35 bits per heavy atom. The summed E-state index contributed by atoms with van der Waals surface area (Å²) >= 11 is 0. The van der Waals surface area contributed by atoms with Gasteiger partial charge < -0.3 is 5.11 Å². The number of aliphatic hydroxyl groups excluding tert-OH is 1. The number of hydrogen-bond donors (Lipinski definition) is 1. The number of aliphatic hydroxyl groups is 1. The number of carbonyl (C=O) groups excluding carboxylic acids is 1. The van der Waals surface area contributed by atoms with Crippen LogP contribution in [0, 0.1) is 0 Å². The molecule has 2 nitrogen and oxygen atoms in total. The van der Waals surface area contributed by atoms with Crippen LogP contribution >= 0.6 is 0 Å². The zero-order valence-electron chi connectivity index (χ0n) is 11.4. The molecule has 1 N–H and O–H groups in total. The topological polar surface area (TPSA) is 37.3 Å². The highest BCUT2D eigenvalue weighted by molar-refractivity contribution is 5.79. The van der Waals surface area contributed by atoms with Gasteiger partial charge in [-0.2, -0.15) is 0 Å². The van der Waals surface area contributed by atoms with Crippen LogP contribution in [0.1, 0.15) is 46.5 Å². The quantitative estimate of drug-likeness (QED) is 0.653. The first-order chi connectivity index (χ1) is 8.15. The smallest absolute Gasteiger partial charge is 0.135 e. The van der Waals surface area contributed by atoms with E-state index in [2.05, 4.69) is 13.2 Å².